The van der Waals surface area contributed by atoms with Crippen LogP contribution in [-0.4, -0.2) is 43.8 Å². The Morgan fingerprint density at radius 3 is 2.14 bits per heavy atom. The number of alkyl carbamates (subject to hydrolysis) is 1. The Labute approximate surface area is 175 Å². The van der Waals surface area contributed by atoms with Crippen LogP contribution in [0.4, 0.5) is 4.79 Å². The molecule has 0 spiro atoms. The molecule has 0 radical (unpaired) electrons. The summed E-state index contributed by atoms with van der Waals surface area (Å²) in [6.07, 6.45) is 1.65. The summed E-state index contributed by atoms with van der Waals surface area (Å²) in [5, 5.41) is 5.48. The van der Waals surface area contributed by atoms with Crippen LogP contribution < -0.4 is 10.6 Å². The van der Waals surface area contributed by atoms with Crippen LogP contribution in [0, 0.1) is 0 Å². The van der Waals surface area contributed by atoms with Gasteiger partial charge in [0.05, 0.1) is 13.2 Å². The molecule has 7 nitrogen and oxygen atoms in total. The van der Waals surface area contributed by atoms with Gasteiger partial charge in [-0.25, -0.2) is 4.79 Å². The second-order valence-corrected chi connectivity index (χ2v) is 6.09. The molecule has 0 fully saturated rings. The average molecular weight is 411 g/mol. The van der Waals surface area contributed by atoms with Crippen molar-refractivity contribution >= 4 is 18.5 Å². The normalized spacial score (nSPS) is 10.3. The van der Waals surface area contributed by atoms with Crippen molar-refractivity contribution in [3.63, 3.8) is 0 Å². The molecule has 0 heterocycles. The number of unbranched alkanes of at least 4 members (excludes halogenated alkanes) is 1. The fourth-order valence-electron chi connectivity index (χ4n) is 2.01. The minimum absolute atomic E-state index is 0.0173. The standard InChI is InChI=1S/C17H26N2O3.C3H6O2.C2H6/c1-4-5-11-22-17(21)19-15(16(20)18-13(2)3)12-14-9-7-6-8-10-14;1-2-5-3-4;1-2/h6-10,13,15H,4-5,11-12H2,1-3H3,(H,18,20)(H,19,21);3H,2H2,1H3;1-2H3. The molecule has 1 aromatic carbocycles. The molecular weight excluding hydrogens is 372 g/mol. The van der Waals surface area contributed by atoms with E-state index in [2.05, 4.69) is 15.4 Å². The van der Waals surface area contributed by atoms with Gasteiger partial charge in [0, 0.05) is 12.5 Å². The largest absolute Gasteiger partial charge is 0.468 e. The van der Waals surface area contributed by atoms with E-state index in [4.69, 9.17) is 4.74 Å². The maximum absolute atomic E-state index is 12.2. The zero-order valence-corrected chi connectivity index (χ0v) is 18.7. The van der Waals surface area contributed by atoms with Crippen LogP contribution in [0.2, 0.25) is 0 Å². The van der Waals surface area contributed by atoms with Crippen molar-refractivity contribution in [1.29, 1.82) is 0 Å². The van der Waals surface area contributed by atoms with E-state index in [0.717, 1.165) is 18.4 Å². The summed E-state index contributed by atoms with van der Waals surface area (Å²) in [5.41, 5.74) is 0.986. The van der Waals surface area contributed by atoms with Crippen LogP contribution in [0.3, 0.4) is 0 Å². The fourth-order valence-corrected chi connectivity index (χ4v) is 2.01. The zero-order valence-electron chi connectivity index (χ0n) is 18.7. The third kappa shape index (κ3) is 17.3. The van der Waals surface area contributed by atoms with Gasteiger partial charge in [-0.05, 0) is 32.8 Å². The molecule has 0 saturated heterocycles. The number of carbonyl (C=O) groups excluding carboxylic acids is 3. The van der Waals surface area contributed by atoms with E-state index >= 15 is 0 Å². The molecule has 7 heteroatoms. The second-order valence-electron chi connectivity index (χ2n) is 6.09. The summed E-state index contributed by atoms with van der Waals surface area (Å²) in [5.74, 6) is -0.203. The molecule has 0 bridgehead atoms. The third-order valence-electron chi connectivity index (χ3n) is 3.29. The lowest BCUT2D eigenvalue weighted by atomic mass is 10.1. The molecule has 1 rings (SSSR count). The lowest BCUT2D eigenvalue weighted by molar-refractivity contribution is -0.128. The lowest BCUT2D eigenvalue weighted by Gasteiger charge is -2.20. The summed E-state index contributed by atoms with van der Waals surface area (Å²) in [4.78, 5) is 33.2. The van der Waals surface area contributed by atoms with Crippen LogP contribution in [0.15, 0.2) is 30.3 Å². The number of nitrogens with one attached hydrogen (secondary N) is 2. The van der Waals surface area contributed by atoms with Gasteiger partial charge < -0.3 is 20.1 Å². The van der Waals surface area contributed by atoms with Gasteiger partial charge in [0.1, 0.15) is 6.04 Å². The molecule has 2 N–H and O–H groups in total. The molecule has 0 aliphatic carbocycles. The number of ether oxygens (including phenoxy) is 2. The van der Waals surface area contributed by atoms with E-state index in [9.17, 15) is 14.4 Å². The summed E-state index contributed by atoms with van der Waals surface area (Å²) in [6.45, 7) is 12.8. The van der Waals surface area contributed by atoms with E-state index in [1.165, 1.54) is 0 Å². The van der Waals surface area contributed by atoms with Crippen molar-refractivity contribution in [3.05, 3.63) is 35.9 Å². The highest BCUT2D eigenvalue weighted by molar-refractivity contribution is 5.86. The predicted octanol–water partition coefficient (Wildman–Crippen LogP) is 3.85. The molecule has 1 unspecified atom stereocenters. The molecule has 0 aliphatic heterocycles. The number of hydrogen-bond acceptors (Lipinski definition) is 5. The molecule has 0 saturated carbocycles. The van der Waals surface area contributed by atoms with Crippen LogP contribution in [0.1, 0.15) is 59.9 Å². The van der Waals surface area contributed by atoms with Gasteiger partial charge in [-0.15, -0.1) is 0 Å². The monoisotopic (exact) mass is 410 g/mol. The zero-order chi connectivity index (χ0) is 22.5. The first-order valence-electron chi connectivity index (χ1n) is 10.3. The van der Waals surface area contributed by atoms with Crippen LogP contribution in [0.5, 0.6) is 0 Å². The maximum Gasteiger partial charge on any atom is 0.407 e. The summed E-state index contributed by atoms with van der Waals surface area (Å²) >= 11 is 0. The van der Waals surface area contributed by atoms with Crippen LogP contribution >= 0.6 is 0 Å². The van der Waals surface area contributed by atoms with Crippen molar-refractivity contribution in [1.82, 2.24) is 10.6 Å². The van der Waals surface area contributed by atoms with Gasteiger partial charge in [0.25, 0.3) is 6.47 Å². The molecule has 0 aliphatic rings. The van der Waals surface area contributed by atoms with Crippen molar-refractivity contribution in [3.8, 4) is 0 Å². The highest BCUT2D eigenvalue weighted by atomic mass is 16.5. The van der Waals surface area contributed by atoms with E-state index in [-0.39, 0.29) is 11.9 Å². The third-order valence-corrected chi connectivity index (χ3v) is 3.29. The summed E-state index contributed by atoms with van der Waals surface area (Å²) in [6, 6.07) is 8.97. The van der Waals surface area contributed by atoms with Gasteiger partial charge in [-0.2, -0.15) is 0 Å². The van der Waals surface area contributed by atoms with E-state index in [1.807, 2.05) is 65.0 Å². The number of carbonyl (C=O) groups is 3. The first-order chi connectivity index (χ1) is 13.9. The highest BCUT2D eigenvalue weighted by Gasteiger charge is 2.22. The molecular formula is C22H38N2O5. The van der Waals surface area contributed by atoms with Crippen LogP contribution in [-0.2, 0) is 25.5 Å². The molecule has 1 atom stereocenters. The molecule has 1 aromatic rings. The number of benzene rings is 1. The van der Waals surface area contributed by atoms with Gasteiger partial charge >= 0.3 is 6.09 Å². The Kier molecular flexibility index (Phi) is 19.9. The smallest absolute Gasteiger partial charge is 0.407 e. The number of hydrogen-bond donors (Lipinski definition) is 2. The fraction of sp³-hybridized carbons (Fsp3) is 0.591. The van der Waals surface area contributed by atoms with Crippen molar-refractivity contribution in [2.75, 3.05) is 13.2 Å². The Hall–Kier alpha value is -2.57. The van der Waals surface area contributed by atoms with E-state index in [0.29, 0.717) is 26.1 Å². The minimum atomic E-state index is -0.640. The van der Waals surface area contributed by atoms with Crippen molar-refractivity contribution < 1.29 is 23.9 Å². The lowest BCUT2D eigenvalue weighted by Crippen LogP contribution is -2.49. The first-order valence-corrected chi connectivity index (χ1v) is 10.3. The Morgan fingerprint density at radius 2 is 1.69 bits per heavy atom. The van der Waals surface area contributed by atoms with E-state index in [1.54, 1.807) is 6.92 Å². The Balaban J connectivity index is 0. The molecule has 166 valence electrons. The van der Waals surface area contributed by atoms with Gasteiger partial charge in [-0.3, -0.25) is 9.59 Å². The maximum atomic E-state index is 12.2. The molecule has 0 aromatic heterocycles. The van der Waals surface area contributed by atoms with Gasteiger partial charge in [-0.1, -0.05) is 57.5 Å². The topological polar surface area (TPSA) is 93.7 Å². The summed E-state index contributed by atoms with van der Waals surface area (Å²) in [7, 11) is 0. The molecule has 2 amide bonds. The van der Waals surface area contributed by atoms with Gasteiger partial charge in [0.15, 0.2) is 0 Å². The van der Waals surface area contributed by atoms with Crippen molar-refractivity contribution in [2.45, 2.75) is 72.9 Å². The Morgan fingerprint density at radius 1 is 1.07 bits per heavy atom. The average Bonchev–Trinajstić information content (AvgIpc) is 2.70. The van der Waals surface area contributed by atoms with E-state index < -0.39 is 12.1 Å². The van der Waals surface area contributed by atoms with Crippen LogP contribution in [0.25, 0.3) is 0 Å². The first kappa shape index (κ1) is 28.6. The second kappa shape index (κ2) is 20.2. The number of rotatable bonds is 10. The van der Waals surface area contributed by atoms with Gasteiger partial charge in [0.2, 0.25) is 5.91 Å². The quantitative estimate of drug-likeness (QED) is 0.451. The van der Waals surface area contributed by atoms with Crippen molar-refractivity contribution in [2.24, 2.45) is 0 Å². The minimum Gasteiger partial charge on any atom is -0.468 e. The number of amides is 2. The Bertz CT molecular complexity index is 535. The highest BCUT2D eigenvalue weighted by Crippen LogP contribution is 2.04. The summed E-state index contributed by atoms with van der Waals surface area (Å²) < 4.78 is 9.23. The molecule has 29 heavy (non-hydrogen) atoms. The SMILES string of the molecule is CC.CCCCOC(=O)NC(Cc1ccccc1)C(=O)NC(C)C.CCOC=O. The predicted molar refractivity (Wildman–Crippen MR) is 116 cm³/mol.